The van der Waals surface area contributed by atoms with Crippen LogP contribution in [0.4, 0.5) is 5.69 Å². The predicted molar refractivity (Wildman–Crippen MR) is 170 cm³/mol. The smallest absolute Gasteiger partial charge is 0.335 e. The number of methoxy groups -OCH3 is 1. The summed E-state index contributed by atoms with van der Waals surface area (Å²) in [4.78, 5) is 51.3. The van der Waals surface area contributed by atoms with Gasteiger partial charge >= 0.3 is 5.97 Å². The molecule has 1 amide bonds. The molecule has 3 aromatic carbocycles. The number of hydrogen-bond donors (Lipinski definition) is 2. The van der Waals surface area contributed by atoms with Gasteiger partial charge < -0.3 is 15.2 Å². The molecule has 0 spiro atoms. The summed E-state index contributed by atoms with van der Waals surface area (Å²) in [6.07, 6.45) is 2.66. The number of aromatic nitrogens is 1. The molecule has 2 N–H and O–H groups in total. The van der Waals surface area contributed by atoms with Gasteiger partial charge in [-0.15, -0.1) is 0 Å². The molecule has 0 radical (unpaired) electrons. The monoisotopic (exact) mass is 602 g/mol. The zero-order chi connectivity index (χ0) is 31.5. The third-order valence-electron chi connectivity index (χ3n) is 6.62. The summed E-state index contributed by atoms with van der Waals surface area (Å²) in [5, 5.41) is 12.4. The number of amides is 1. The molecule has 9 heteroatoms. The Balaban J connectivity index is 0.00000248. The van der Waals surface area contributed by atoms with Crippen molar-refractivity contribution in [3.05, 3.63) is 117 Å². The lowest BCUT2D eigenvalue weighted by atomic mass is 9.95. The van der Waals surface area contributed by atoms with Gasteiger partial charge in [0.1, 0.15) is 11.8 Å². The second kappa shape index (κ2) is 15.5. The minimum absolute atomic E-state index is 0.0817. The average Bonchev–Trinajstić information content (AvgIpc) is 3.01. The third-order valence-corrected chi connectivity index (χ3v) is 6.86. The van der Waals surface area contributed by atoms with Gasteiger partial charge in [-0.2, -0.15) is 0 Å². The number of pyridine rings is 1. The maximum absolute atomic E-state index is 13.6. The van der Waals surface area contributed by atoms with Gasteiger partial charge in [0.15, 0.2) is 5.78 Å². The standard InChI is InChI=1S/C32H29ClN2O6.C2H6/c1-3-7-28(36)24-15-12-22(33)17-25(24)26-18-30(37)35(19-29(26)41-2)27(16-20-8-5-4-6-9-20)31(38)34-23-13-10-21(11-14-23)32(39)40;1-2/h4-6,8-15,17-19,27H,3,7,16H2,1-2H3,(H,34,38)(H,39,40);1-2H3. The topological polar surface area (TPSA) is 115 Å². The molecule has 1 atom stereocenters. The number of aromatic carboxylic acids is 1. The summed E-state index contributed by atoms with van der Waals surface area (Å²) in [5.74, 6) is -1.35. The van der Waals surface area contributed by atoms with Crippen LogP contribution in [0.3, 0.4) is 0 Å². The highest BCUT2D eigenvalue weighted by molar-refractivity contribution is 6.31. The molecule has 0 aliphatic rings. The molecule has 0 aliphatic heterocycles. The summed E-state index contributed by atoms with van der Waals surface area (Å²) in [5.41, 5.74) is 2.09. The van der Waals surface area contributed by atoms with Crippen LogP contribution in [-0.2, 0) is 11.2 Å². The largest absolute Gasteiger partial charge is 0.495 e. The Morgan fingerprint density at radius 3 is 2.23 bits per heavy atom. The Morgan fingerprint density at radius 2 is 1.63 bits per heavy atom. The van der Waals surface area contributed by atoms with Crippen LogP contribution >= 0.6 is 11.6 Å². The summed E-state index contributed by atoms with van der Waals surface area (Å²) in [6, 6.07) is 20.3. The van der Waals surface area contributed by atoms with E-state index >= 15 is 0 Å². The molecular weight excluding hydrogens is 568 g/mol. The summed E-state index contributed by atoms with van der Waals surface area (Å²) in [7, 11) is 1.45. The lowest BCUT2D eigenvalue weighted by molar-refractivity contribution is -0.119. The number of benzene rings is 3. The highest BCUT2D eigenvalue weighted by Crippen LogP contribution is 2.34. The second-order valence-corrected chi connectivity index (χ2v) is 9.88. The number of nitrogens with one attached hydrogen (secondary N) is 1. The number of hydrogen-bond acceptors (Lipinski definition) is 5. The molecule has 1 heterocycles. The number of ketones is 1. The van der Waals surface area contributed by atoms with E-state index in [1.165, 1.54) is 48.2 Å². The molecule has 0 saturated carbocycles. The van der Waals surface area contributed by atoms with Crippen molar-refractivity contribution in [1.82, 2.24) is 4.57 Å². The molecule has 4 rings (SSSR count). The number of carboxylic acid groups (broad SMARTS) is 1. The van der Waals surface area contributed by atoms with Gasteiger partial charge in [-0.25, -0.2) is 4.79 Å². The normalized spacial score (nSPS) is 11.1. The number of carbonyl (C=O) groups is 3. The van der Waals surface area contributed by atoms with Gasteiger partial charge in [0.05, 0.1) is 18.9 Å². The van der Waals surface area contributed by atoms with E-state index in [1.807, 2.05) is 51.1 Å². The van der Waals surface area contributed by atoms with Crippen LogP contribution in [-0.4, -0.2) is 34.4 Å². The molecule has 0 fully saturated rings. The van der Waals surface area contributed by atoms with E-state index in [4.69, 9.17) is 21.4 Å². The maximum Gasteiger partial charge on any atom is 0.335 e. The van der Waals surface area contributed by atoms with Crippen LogP contribution in [0.15, 0.2) is 89.9 Å². The van der Waals surface area contributed by atoms with Gasteiger partial charge in [0.2, 0.25) is 5.91 Å². The van der Waals surface area contributed by atoms with Crippen LogP contribution < -0.4 is 15.6 Å². The highest BCUT2D eigenvalue weighted by atomic mass is 35.5. The zero-order valence-electron chi connectivity index (χ0n) is 24.6. The maximum atomic E-state index is 13.6. The Morgan fingerprint density at radius 1 is 0.953 bits per heavy atom. The first-order valence-electron chi connectivity index (χ1n) is 14.0. The summed E-state index contributed by atoms with van der Waals surface area (Å²) in [6.45, 7) is 5.91. The van der Waals surface area contributed by atoms with E-state index in [0.717, 1.165) is 5.56 Å². The summed E-state index contributed by atoms with van der Waals surface area (Å²) < 4.78 is 6.96. The minimum atomic E-state index is -1.08. The van der Waals surface area contributed by atoms with Crippen LogP contribution in [0, 0.1) is 0 Å². The Bertz CT molecular complexity index is 1630. The molecular formula is C34H35ClN2O6. The van der Waals surface area contributed by atoms with Gasteiger partial charge in [-0.05, 0) is 60.0 Å². The lowest BCUT2D eigenvalue weighted by Gasteiger charge is -2.22. The van der Waals surface area contributed by atoms with Crippen molar-refractivity contribution in [3.63, 3.8) is 0 Å². The van der Waals surface area contributed by atoms with Gasteiger partial charge in [0.25, 0.3) is 5.56 Å². The fourth-order valence-electron chi connectivity index (χ4n) is 4.57. The number of rotatable bonds is 11. The second-order valence-electron chi connectivity index (χ2n) is 9.44. The quantitative estimate of drug-likeness (QED) is 0.174. The first kappa shape index (κ1) is 32.8. The average molecular weight is 603 g/mol. The van der Waals surface area contributed by atoms with E-state index in [-0.39, 0.29) is 23.5 Å². The number of halogens is 1. The Labute approximate surface area is 255 Å². The van der Waals surface area contributed by atoms with Crippen LogP contribution in [0.1, 0.15) is 65.9 Å². The number of anilines is 1. The SMILES string of the molecule is CC.CCCC(=O)c1ccc(Cl)cc1-c1cc(=O)n(C(Cc2ccccc2)C(=O)Nc2ccc(C(=O)O)cc2)cc1OC. The van der Waals surface area contributed by atoms with Crippen molar-refractivity contribution < 1.29 is 24.2 Å². The van der Waals surface area contributed by atoms with Crippen molar-refractivity contribution in [1.29, 1.82) is 0 Å². The van der Waals surface area contributed by atoms with Crippen molar-refractivity contribution in [2.75, 3.05) is 12.4 Å². The number of ether oxygens (including phenoxy) is 1. The predicted octanol–water partition coefficient (Wildman–Crippen LogP) is 7.31. The molecule has 43 heavy (non-hydrogen) atoms. The lowest BCUT2D eigenvalue weighted by Crippen LogP contribution is -2.34. The summed E-state index contributed by atoms with van der Waals surface area (Å²) >= 11 is 6.28. The molecule has 8 nitrogen and oxygen atoms in total. The molecule has 1 aromatic heterocycles. The van der Waals surface area contributed by atoms with Gasteiger partial charge in [-0.3, -0.25) is 19.0 Å². The van der Waals surface area contributed by atoms with Crippen molar-refractivity contribution in [3.8, 4) is 16.9 Å². The Kier molecular flexibility index (Phi) is 11.8. The fraction of sp³-hybridized carbons (Fsp3) is 0.235. The Hall–Kier alpha value is -4.69. The van der Waals surface area contributed by atoms with E-state index in [2.05, 4.69) is 5.32 Å². The van der Waals surface area contributed by atoms with Crippen molar-refractivity contribution >= 4 is 34.9 Å². The molecule has 0 saturated heterocycles. The van der Waals surface area contributed by atoms with E-state index in [1.54, 1.807) is 18.2 Å². The van der Waals surface area contributed by atoms with Crippen LogP contribution in [0.2, 0.25) is 5.02 Å². The molecule has 0 bridgehead atoms. The fourth-order valence-corrected chi connectivity index (χ4v) is 4.74. The van der Waals surface area contributed by atoms with Gasteiger partial charge in [0, 0.05) is 40.7 Å². The molecule has 224 valence electrons. The third kappa shape index (κ3) is 8.20. The molecule has 1 unspecified atom stereocenters. The van der Waals surface area contributed by atoms with E-state index < -0.39 is 23.5 Å². The van der Waals surface area contributed by atoms with Crippen molar-refractivity contribution in [2.24, 2.45) is 0 Å². The number of nitrogens with zero attached hydrogens (tertiary/aromatic N) is 1. The van der Waals surface area contributed by atoms with Crippen molar-refractivity contribution in [2.45, 2.75) is 46.1 Å². The first-order valence-corrected chi connectivity index (χ1v) is 14.4. The highest BCUT2D eigenvalue weighted by Gasteiger charge is 2.25. The minimum Gasteiger partial charge on any atom is -0.495 e. The molecule has 4 aromatic rings. The van der Waals surface area contributed by atoms with Crippen LogP contribution in [0.5, 0.6) is 5.75 Å². The molecule has 0 aliphatic carbocycles. The van der Waals surface area contributed by atoms with E-state index in [0.29, 0.717) is 40.2 Å². The van der Waals surface area contributed by atoms with Gasteiger partial charge in [-0.1, -0.05) is 62.7 Å². The number of Topliss-reactive ketones (excluding diaryl/α,β-unsaturated/α-hetero) is 1. The van der Waals surface area contributed by atoms with E-state index in [9.17, 15) is 19.2 Å². The number of carbonyl (C=O) groups excluding carboxylic acids is 2. The zero-order valence-corrected chi connectivity index (χ0v) is 25.4. The first-order chi connectivity index (χ1) is 20.7. The van der Waals surface area contributed by atoms with Crippen LogP contribution in [0.25, 0.3) is 11.1 Å². The number of carboxylic acids is 1.